The Hall–Kier alpha value is -1.24. The van der Waals surface area contributed by atoms with Gasteiger partial charge in [0.2, 0.25) is 0 Å². The predicted octanol–water partition coefficient (Wildman–Crippen LogP) is 2.78. The zero-order chi connectivity index (χ0) is 15.6. The standard InChI is InChI=1S/C16H24N4OS/c1-16(2,3)15-17-14(18-19-15)13-11-20(8-9-21-13)7-6-12-5-4-10-22-12/h4-5,10,13H,6-9,11H2,1-3H3,(H,17,18,19)/t13-/m1/s1. The van der Waals surface area contributed by atoms with Crippen molar-refractivity contribution in [1.82, 2.24) is 20.1 Å². The third kappa shape index (κ3) is 3.74. The highest BCUT2D eigenvalue weighted by atomic mass is 32.1. The minimum absolute atomic E-state index is 0.000635. The molecule has 5 nitrogen and oxygen atoms in total. The van der Waals surface area contributed by atoms with Crippen molar-refractivity contribution < 1.29 is 4.74 Å². The summed E-state index contributed by atoms with van der Waals surface area (Å²) in [6, 6.07) is 4.32. The zero-order valence-corrected chi connectivity index (χ0v) is 14.3. The summed E-state index contributed by atoms with van der Waals surface area (Å²) < 4.78 is 5.88. The minimum Gasteiger partial charge on any atom is -0.368 e. The first-order chi connectivity index (χ1) is 10.5. The van der Waals surface area contributed by atoms with Gasteiger partial charge in [0.05, 0.1) is 6.61 Å². The summed E-state index contributed by atoms with van der Waals surface area (Å²) in [6.07, 6.45) is 1.11. The molecule has 3 heterocycles. The van der Waals surface area contributed by atoms with Gasteiger partial charge in [-0.15, -0.1) is 11.3 Å². The number of hydrogen-bond donors (Lipinski definition) is 1. The van der Waals surface area contributed by atoms with Gasteiger partial charge in [0, 0.05) is 29.9 Å². The van der Waals surface area contributed by atoms with Crippen LogP contribution in [0.25, 0.3) is 0 Å². The molecule has 1 atom stereocenters. The summed E-state index contributed by atoms with van der Waals surface area (Å²) in [7, 11) is 0. The van der Waals surface area contributed by atoms with Crippen molar-refractivity contribution in [2.24, 2.45) is 0 Å². The number of thiophene rings is 1. The molecule has 0 amide bonds. The van der Waals surface area contributed by atoms with Crippen LogP contribution in [0.4, 0.5) is 0 Å². The number of rotatable bonds is 4. The van der Waals surface area contributed by atoms with Gasteiger partial charge >= 0.3 is 0 Å². The van der Waals surface area contributed by atoms with Crippen molar-refractivity contribution >= 4 is 11.3 Å². The van der Waals surface area contributed by atoms with Crippen LogP contribution < -0.4 is 0 Å². The third-order valence-electron chi connectivity index (χ3n) is 3.88. The number of morpholine rings is 1. The van der Waals surface area contributed by atoms with Crippen LogP contribution in [0, 0.1) is 0 Å². The van der Waals surface area contributed by atoms with Gasteiger partial charge in [0.25, 0.3) is 0 Å². The van der Waals surface area contributed by atoms with Crippen LogP contribution in [0.2, 0.25) is 0 Å². The lowest BCUT2D eigenvalue weighted by molar-refractivity contribution is -0.0337. The number of hydrogen-bond acceptors (Lipinski definition) is 5. The molecule has 2 aromatic heterocycles. The van der Waals surface area contributed by atoms with E-state index in [4.69, 9.17) is 4.74 Å². The van der Waals surface area contributed by atoms with Gasteiger partial charge in [-0.3, -0.25) is 10.00 Å². The van der Waals surface area contributed by atoms with E-state index in [9.17, 15) is 0 Å². The van der Waals surface area contributed by atoms with Crippen molar-refractivity contribution in [2.45, 2.75) is 38.7 Å². The van der Waals surface area contributed by atoms with Crippen molar-refractivity contribution in [3.8, 4) is 0 Å². The smallest absolute Gasteiger partial charge is 0.156 e. The number of nitrogens with one attached hydrogen (secondary N) is 1. The number of nitrogens with zero attached hydrogens (tertiary/aromatic N) is 3. The molecule has 1 aliphatic heterocycles. The summed E-state index contributed by atoms with van der Waals surface area (Å²) >= 11 is 1.83. The first-order valence-electron chi connectivity index (χ1n) is 7.81. The fourth-order valence-electron chi connectivity index (χ4n) is 2.55. The largest absolute Gasteiger partial charge is 0.368 e. The van der Waals surface area contributed by atoms with E-state index < -0.39 is 0 Å². The van der Waals surface area contributed by atoms with Gasteiger partial charge < -0.3 is 4.74 Å². The van der Waals surface area contributed by atoms with Crippen LogP contribution >= 0.6 is 11.3 Å². The minimum atomic E-state index is -0.0394. The quantitative estimate of drug-likeness (QED) is 0.941. The highest BCUT2D eigenvalue weighted by Crippen LogP contribution is 2.23. The highest BCUT2D eigenvalue weighted by Gasteiger charge is 2.27. The number of aromatic amines is 1. The van der Waals surface area contributed by atoms with Crippen LogP contribution in [0.15, 0.2) is 17.5 Å². The fraction of sp³-hybridized carbons (Fsp3) is 0.625. The molecule has 2 aromatic rings. The lowest BCUT2D eigenvalue weighted by atomic mass is 9.96. The Morgan fingerprint density at radius 3 is 3.00 bits per heavy atom. The van der Waals surface area contributed by atoms with Crippen LogP contribution in [0.3, 0.4) is 0 Å². The predicted molar refractivity (Wildman–Crippen MR) is 88.2 cm³/mol. The monoisotopic (exact) mass is 320 g/mol. The van der Waals surface area contributed by atoms with Gasteiger partial charge in [-0.1, -0.05) is 26.8 Å². The van der Waals surface area contributed by atoms with E-state index in [-0.39, 0.29) is 11.5 Å². The highest BCUT2D eigenvalue weighted by molar-refractivity contribution is 7.09. The molecule has 22 heavy (non-hydrogen) atoms. The maximum Gasteiger partial charge on any atom is 0.156 e. The summed E-state index contributed by atoms with van der Waals surface area (Å²) in [5.41, 5.74) is -0.0394. The van der Waals surface area contributed by atoms with Crippen molar-refractivity contribution in [2.75, 3.05) is 26.2 Å². The number of H-pyrrole nitrogens is 1. The normalized spacial score (nSPS) is 20.4. The lowest BCUT2D eigenvalue weighted by Crippen LogP contribution is -2.39. The first kappa shape index (κ1) is 15.6. The molecule has 6 heteroatoms. The molecule has 1 saturated heterocycles. The molecule has 0 aromatic carbocycles. The van der Waals surface area contributed by atoms with Gasteiger partial charge in [-0.2, -0.15) is 5.10 Å². The van der Waals surface area contributed by atoms with Crippen LogP contribution in [-0.4, -0.2) is 46.3 Å². The topological polar surface area (TPSA) is 54.0 Å². The van der Waals surface area contributed by atoms with Crippen molar-refractivity contribution in [3.05, 3.63) is 34.0 Å². The lowest BCUT2D eigenvalue weighted by Gasteiger charge is -2.31. The Balaban J connectivity index is 1.59. The van der Waals surface area contributed by atoms with Crippen LogP contribution in [0.1, 0.15) is 43.4 Å². The van der Waals surface area contributed by atoms with Crippen molar-refractivity contribution in [3.63, 3.8) is 0 Å². The molecule has 1 N–H and O–H groups in total. The summed E-state index contributed by atoms with van der Waals surface area (Å²) in [5.74, 6) is 1.70. The number of aromatic nitrogens is 3. The van der Waals surface area contributed by atoms with E-state index in [2.05, 4.69) is 58.4 Å². The van der Waals surface area contributed by atoms with Crippen LogP contribution in [-0.2, 0) is 16.6 Å². The maximum absolute atomic E-state index is 5.88. The Bertz CT molecular complexity index is 588. The molecule has 0 radical (unpaired) electrons. The average Bonchev–Trinajstić information content (AvgIpc) is 3.16. The van der Waals surface area contributed by atoms with E-state index in [1.807, 2.05) is 11.3 Å². The van der Waals surface area contributed by atoms with E-state index in [1.54, 1.807) is 0 Å². The first-order valence-corrected chi connectivity index (χ1v) is 8.69. The maximum atomic E-state index is 5.88. The molecule has 1 fully saturated rings. The van der Waals surface area contributed by atoms with E-state index in [1.165, 1.54) is 4.88 Å². The molecule has 3 rings (SSSR count). The molecule has 0 spiro atoms. The molecule has 0 saturated carbocycles. The third-order valence-corrected chi connectivity index (χ3v) is 4.82. The van der Waals surface area contributed by atoms with Crippen molar-refractivity contribution in [1.29, 1.82) is 0 Å². The fourth-order valence-corrected chi connectivity index (χ4v) is 3.25. The molecule has 0 unspecified atom stereocenters. The Kier molecular flexibility index (Phi) is 4.61. The molecule has 0 aliphatic carbocycles. The van der Waals surface area contributed by atoms with Gasteiger partial charge in [0.1, 0.15) is 6.10 Å². The molecule has 120 valence electrons. The SMILES string of the molecule is CC(C)(C)c1n[nH]c([C@H]2CN(CCc3cccs3)CCO2)n1. The number of ether oxygens (including phenoxy) is 1. The van der Waals surface area contributed by atoms with E-state index >= 15 is 0 Å². The van der Waals surface area contributed by atoms with Gasteiger partial charge in [-0.05, 0) is 17.9 Å². The summed E-state index contributed by atoms with van der Waals surface area (Å²) in [6.45, 7) is 10.0. The Morgan fingerprint density at radius 2 is 2.32 bits per heavy atom. The second-order valence-corrected chi connectivity index (χ2v) is 7.82. The second kappa shape index (κ2) is 6.48. The average molecular weight is 320 g/mol. The molecular weight excluding hydrogens is 296 g/mol. The van der Waals surface area contributed by atoms with Gasteiger partial charge in [0.15, 0.2) is 11.6 Å². The Labute approximate surface area is 135 Å². The molecule has 1 aliphatic rings. The molecule has 0 bridgehead atoms. The Morgan fingerprint density at radius 1 is 1.45 bits per heavy atom. The molecular formula is C16H24N4OS. The summed E-state index contributed by atoms with van der Waals surface area (Å²) in [4.78, 5) is 8.53. The second-order valence-electron chi connectivity index (χ2n) is 6.78. The van der Waals surface area contributed by atoms with E-state index in [0.29, 0.717) is 0 Å². The van der Waals surface area contributed by atoms with Gasteiger partial charge in [-0.25, -0.2) is 4.98 Å². The zero-order valence-electron chi connectivity index (χ0n) is 13.5. The van der Waals surface area contributed by atoms with Crippen LogP contribution in [0.5, 0.6) is 0 Å². The summed E-state index contributed by atoms with van der Waals surface area (Å²) in [5, 5.41) is 9.54. The van der Waals surface area contributed by atoms with E-state index in [0.717, 1.165) is 44.3 Å².